The number of thioether (sulfide) groups is 1. The molecule has 51 heavy (non-hydrogen) atoms. The summed E-state index contributed by atoms with van der Waals surface area (Å²) in [4.78, 5) is 12.7. The van der Waals surface area contributed by atoms with Gasteiger partial charge in [0.15, 0.2) is 0 Å². The Morgan fingerprint density at radius 2 is 1.76 bits per heavy atom. The molecule has 0 aromatic rings. The summed E-state index contributed by atoms with van der Waals surface area (Å²) in [6.45, 7) is 2.60. The van der Waals surface area contributed by atoms with Crippen LogP contribution in [0.1, 0.15) is 58.3 Å². The van der Waals surface area contributed by atoms with Crippen molar-refractivity contribution in [2.45, 2.75) is 63.0 Å². The fourth-order valence-electron chi connectivity index (χ4n) is 28.3. The number of hydrogen-bond acceptors (Lipinski definition) is 3. The SMILES string of the molecule is CCC1C2=C3CC4[C@@H]5C=CC6C7C8C9CC%10C%11[C@@H]%12CC%13C%14=C%12[C@]%11%12C%11=C%15[C@@H](C%16=C%11[C@@]%14%11C%13CC%11C%11%13CCC%11[C@]1(SCCC(=O)OC)[C@]2%16%13)[C@]34C5C6[C@@]%157C8C9%10%12. The van der Waals surface area contributed by atoms with Crippen LogP contribution in [-0.4, -0.2) is 23.6 Å². The topological polar surface area (TPSA) is 26.3 Å². The van der Waals surface area contributed by atoms with Crippen LogP contribution in [0.15, 0.2) is 56.7 Å². The first-order valence-corrected chi connectivity index (χ1v) is 23.5. The van der Waals surface area contributed by atoms with Gasteiger partial charge in [-0.05, 0) is 173 Å². The number of rotatable bonds is 5. The highest BCUT2D eigenvalue weighted by atomic mass is 32.2. The Kier molecular flexibility index (Phi) is 2.62. The predicted molar refractivity (Wildman–Crippen MR) is 187 cm³/mol. The lowest BCUT2D eigenvalue weighted by Crippen LogP contribution is -3.03. The first kappa shape index (κ1) is 24.1. The quantitative estimate of drug-likeness (QED) is 0.219. The molecule has 254 valence electrons. The molecule has 0 aliphatic heterocycles. The first-order chi connectivity index (χ1) is 25.1. The number of allylic oxidation sites excluding steroid dienone is 10. The standard InChI is InChI=1S/C48H44O2S/c1-3-18-34-22-11-19-14-4-5-15-29-27-21-12-23-28-17-10-16-20-13-25-41-8-6-24(41)48(18,51-9-7-26(49)50-2)47(34,41)39-36-35-38-37(39)43(20,25)32(16)33(17)46(28,38)45(21,23)40(27)44(29,35)31(15)30(14)42(19,22)36/h4-5,14-21,23-25,27-31,36,40H,3,6-13H2,1-2H3/t14-,15?,16?,17-,18?,19?,20?,21?,23?,24?,25?,27?,28?,29?,30?,31?,36-,40?,41?,42-,43+,44+,45?,46-,47+,48-/m0/s1. The van der Waals surface area contributed by atoms with E-state index in [4.69, 9.17) is 4.74 Å². The number of fused-ring (bicyclic) bond motifs is 8. The van der Waals surface area contributed by atoms with Crippen molar-refractivity contribution in [1.29, 1.82) is 0 Å². The third-order valence-corrected chi connectivity index (χ3v) is 28.5. The van der Waals surface area contributed by atoms with Gasteiger partial charge >= 0.3 is 5.97 Å². The summed E-state index contributed by atoms with van der Waals surface area (Å²) in [6, 6.07) is 0. The zero-order valence-corrected chi connectivity index (χ0v) is 30.5. The summed E-state index contributed by atoms with van der Waals surface area (Å²) < 4.78 is 5.67. The van der Waals surface area contributed by atoms with Crippen molar-refractivity contribution in [3.8, 4) is 0 Å². The summed E-state index contributed by atoms with van der Waals surface area (Å²) in [6.07, 6.45) is 17.1. The minimum Gasteiger partial charge on any atom is -0.469 e. The van der Waals surface area contributed by atoms with Crippen LogP contribution in [0.4, 0.5) is 0 Å². The third kappa shape index (κ3) is 1.24. The van der Waals surface area contributed by atoms with Gasteiger partial charge in [0.05, 0.1) is 13.5 Å². The number of methoxy groups -OCH3 is 1. The molecular formula is C48H44O2S. The smallest absolute Gasteiger partial charge is 0.306 e. The highest BCUT2D eigenvalue weighted by molar-refractivity contribution is 8.00. The lowest BCUT2D eigenvalue weighted by molar-refractivity contribution is -0.543. The van der Waals surface area contributed by atoms with E-state index in [1.807, 2.05) is 0 Å². The average Bonchev–Trinajstić information content (AvgIpc) is 3.62. The van der Waals surface area contributed by atoms with Crippen LogP contribution in [-0.2, 0) is 9.53 Å². The Morgan fingerprint density at radius 1 is 0.863 bits per heavy atom. The molecule has 0 bridgehead atoms. The van der Waals surface area contributed by atoms with Gasteiger partial charge in [0.25, 0.3) is 0 Å². The van der Waals surface area contributed by atoms with Crippen molar-refractivity contribution in [2.24, 2.45) is 144 Å². The molecule has 7 spiro atoms. The highest BCUT2D eigenvalue weighted by Crippen LogP contribution is 3.16. The van der Waals surface area contributed by atoms with Gasteiger partial charge in [-0.1, -0.05) is 46.9 Å². The summed E-state index contributed by atoms with van der Waals surface area (Å²) >= 11 is 2.38. The average molecular weight is 685 g/mol. The Bertz CT molecular complexity index is 2460. The normalized spacial score (nSPS) is 78.9. The van der Waals surface area contributed by atoms with Gasteiger partial charge in [-0.15, -0.1) is 0 Å². The van der Waals surface area contributed by atoms with E-state index in [2.05, 4.69) is 75.4 Å². The molecule has 17 unspecified atom stereocenters. The molecule has 0 heterocycles. The second-order valence-corrected chi connectivity index (χ2v) is 25.2. The maximum absolute atomic E-state index is 12.7. The fraction of sp³-hybridized carbons (Fsp3) is 0.771. The molecule has 26 atom stereocenters. The molecule has 2 nitrogen and oxygen atoms in total. The van der Waals surface area contributed by atoms with Crippen LogP contribution in [0.25, 0.3) is 0 Å². The Labute approximate surface area is 303 Å². The van der Waals surface area contributed by atoms with E-state index >= 15 is 0 Å². The molecule has 3 heteroatoms. The minimum atomic E-state index is 0.0197. The van der Waals surface area contributed by atoms with E-state index in [0.717, 1.165) is 118 Å². The number of esters is 1. The molecule has 21 aliphatic rings. The van der Waals surface area contributed by atoms with Gasteiger partial charge in [0.2, 0.25) is 0 Å². The van der Waals surface area contributed by atoms with Crippen LogP contribution >= 0.6 is 11.8 Å². The fourth-order valence-corrected chi connectivity index (χ4v) is 30.5. The lowest BCUT2D eigenvalue weighted by atomic mass is 8.97. The van der Waals surface area contributed by atoms with Crippen LogP contribution in [0.2, 0.25) is 0 Å². The van der Waals surface area contributed by atoms with E-state index in [1.54, 1.807) is 32.8 Å². The Morgan fingerprint density at radius 3 is 2.63 bits per heavy atom. The molecule has 21 rings (SSSR count). The Balaban J connectivity index is 0.961. The van der Waals surface area contributed by atoms with Gasteiger partial charge in [-0.3, -0.25) is 4.79 Å². The molecule has 14 saturated carbocycles. The zero-order chi connectivity index (χ0) is 31.8. The van der Waals surface area contributed by atoms with Crippen molar-refractivity contribution in [3.05, 3.63) is 56.7 Å². The van der Waals surface area contributed by atoms with Crippen LogP contribution in [0.3, 0.4) is 0 Å². The first-order valence-electron chi connectivity index (χ1n) is 22.5. The molecular weight excluding hydrogens is 641 g/mol. The Hall–Kier alpha value is -1.48. The molecule has 14 fully saturated rings. The summed E-state index contributed by atoms with van der Waals surface area (Å²) in [5.74, 6) is 18.9. The minimum absolute atomic E-state index is 0.0197. The van der Waals surface area contributed by atoms with Crippen molar-refractivity contribution in [1.82, 2.24) is 0 Å². The van der Waals surface area contributed by atoms with Gasteiger partial charge in [-0.25, -0.2) is 0 Å². The largest absolute Gasteiger partial charge is 0.469 e. The number of carbonyl (C=O) groups is 1. The van der Waals surface area contributed by atoms with Crippen LogP contribution in [0.5, 0.6) is 0 Å². The van der Waals surface area contributed by atoms with Crippen molar-refractivity contribution in [2.75, 3.05) is 12.9 Å². The van der Waals surface area contributed by atoms with Crippen molar-refractivity contribution >= 4 is 17.7 Å². The van der Waals surface area contributed by atoms with E-state index in [-0.39, 0.29) is 5.97 Å². The van der Waals surface area contributed by atoms with E-state index in [0.29, 0.717) is 43.7 Å². The van der Waals surface area contributed by atoms with Crippen molar-refractivity contribution in [3.63, 3.8) is 0 Å². The number of ether oxygens (including phenoxy) is 1. The van der Waals surface area contributed by atoms with Crippen LogP contribution in [0, 0.1) is 144 Å². The van der Waals surface area contributed by atoms with Gasteiger partial charge in [-0.2, -0.15) is 11.8 Å². The number of carbonyl (C=O) groups excluding carboxylic acids is 1. The van der Waals surface area contributed by atoms with Crippen molar-refractivity contribution < 1.29 is 9.53 Å². The lowest BCUT2D eigenvalue weighted by Gasteiger charge is -3.06. The molecule has 0 radical (unpaired) electrons. The second-order valence-electron chi connectivity index (χ2n) is 23.8. The summed E-state index contributed by atoms with van der Waals surface area (Å²) in [5, 5.41) is 0. The van der Waals surface area contributed by atoms with E-state index < -0.39 is 0 Å². The van der Waals surface area contributed by atoms with E-state index in [1.165, 1.54) is 19.3 Å². The molecule has 0 saturated heterocycles. The predicted octanol–water partition coefficient (Wildman–Crippen LogP) is 7.80. The monoisotopic (exact) mass is 684 g/mol. The highest BCUT2D eigenvalue weighted by Gasteiger charge is 3.11. The van der Waals surface area contributed by atoms with Gasteiger partial charge < -0.3 is 4.74 Å². The summed E-state index contributed by atoms with van der Waals surface area (Å²) in [7, 11) is 1.61. The van der Waals surface area contributed by atoms with Gasteiger partial charge in [0.1, 0.15) is 0 Å². The maximum atomic E-state index is 12.7. The van der Waals surface area contributed by atoms with E-state index in [9.17, 15) is 4.79 Å². The molecule has 0 amide bonds. The van der Waals surface area contributed by atoms with Gasteiger partial charge in [0, 0.05) is 43.5 Å². The maximum Gasteiger partial charge on any atom is 0.306 e. The molecule has 0 aromatic carbocycles. The second kappa shape index (κ2) is 5.55. The number of hydrogen-bond donors (Lipinski definition) is 0. The van der Waals surface area contributed by atoms with Crippen LogP contribution < -0.4 is 0 Å². The molecule has 0 aromatic heterocycles. The molecule has 21 aliphatic carbocycles. The third-order valence-electron chi connectivity index (χ3n) is 26.8. The summed E-state index contributed by atoms with van der Waals surface area (Å²) in [5.41, 5.74) is 21.8. The molecule has 0 N–H and O–H groups in total. The zero-order valence-electron chi connectivity index (χ0n) is 29.6.